The molecule has 2 N–H and O–H groups in total. The maximum Gasteiger partial charge on any atom is 0.128 e. The van der Waals surface area contributed by atoms with Crippen molar-refractivity contribution in [2.24, 2.45) is 4.99 Å². The minimum Gasteiger partial charge on any atom is -0.368 e. The molecule has 1 aromatic carbocycles. The highest BCUT2D eigenvalue weighted by molar-refractivity contribution is 6.02. The molecule has 0 radical (unpaired) electrons. The van der Waals surface area contributed by atoms with Gasteiger partial charge in [0.05, 0.1) is 6.54 Å². The molecule has 0 unspecified atom stereocenters. The number of hydrogen-bond acceptors (Lipinski definition) is 2. The van der Waals surface area contributed by atoms with Crippen LogP contribution in [-0.4, -0.2) is 23.9 Å². The Hall–Kier alpha value is -1.77. The van der Waals surface area contributed by atoms with Gasteiger partial charge in [-0.3, -0.25) is 4.99 Å². The number of amidine groups is 1. The van der Waals surface area contributed by atoms with Crippen LogP contribution in [0.1, 0.15) is 5.56 Å². The summed E-state index contributed by atoms with van der Waals surface area (Å²) in [4.78, 5) is 7.57. The number of H-pyrrole nitrogens is 1. The van der Waals surface area contributed by atoms with Crippen molar-refractivity contribution in [3.05, 3.63) is 36.0 Å². The highest BCUT2D eigenvalue weighted by atomic mass is 15.1. The van der Waals surface area contributed by atoms with Crippen LogP contribution in [0.4, 0.5) is 0 Å². The van der Waals surface area contributed by atoms with Crippen LogP contribution in [0.2, 0.25) is 0 Å². The minimum absolute atomic E-state index is 0.889. The maximum absolute atomic E-state index is 4.39. The van der Waals surface area contributed by atoms with Gasteiger partial charge in [-0.15, -0.1) is 0 Å². The molecule has 1 aromatic heterocycles. The van der Waals surface area contributed by atoms with Crippen LogP contribution >= 0.6 is 0 Å². The molecule has 2 heterocycles. The Morgan fingerprint density at radius 2 is 2.21 bits per heavy atom. The minimum atomic E-state index is 0.889. The summed E-state index contributed by atoms with van der Waals surface area (Å²) in [7, 11) is 0. The standard InChI is InChI=1S/C11H11N3/c1-2-10-8(3-4-12-10)7-9(1)11-13-5-6-14-11/h1-4,7,12H,5-6H2,(H,13,14). The molecule has 0 atom stereocenters. The van der Waals surface area contributed by atoms with E-state index in [0.717, 1.165) is 18.9 Å². The molecule has 0 amide bonds. The molecule has 70 valence electrons. The molecule has 0 aliphatic carbocycles. The summed E-state index contributed by atoms with van der Waals surface area (Å²) in [6.07, 6.45) is 1.96. The lowest BCUT2D eigenvalue weighted by atomic mass is 10.1. The van der Waals surface area contributed by atoms with Gasteiger partial charge >= 0.3 is 0 Å². The number of hydrogen-bond donors (Lipinski definition) is 2. The molecule has 0 spiro atoms. The predicted molar refractivity (Wildman–Crippen MR) is 57.7 cm³/mol. The summed E-state index contributed by atoms with van der Waals surface area (Å²) in [5.41, 5.74) is 2.35. The van der Waals surface area contributed by atoms with Crippen LogP contribution in [0.15, 0.2) is 35.5 Å². The normalized spacial score (nSPS) is 15.6. The summed E-state index contributed by atoms with van der Waals surface area (Å²) in [6.45, 7) is 1.85. The largest absolute Gasteiger partial charge is 0.368 e. The van der Waals surface area contributed by atoms with E-state index in [9.17, 15) is 0 Å². The Labute approximate surface area is 81.9 Å². The van der Waals surface area contributed by atoms with Gasteiger partial charge in [0.2, 0.25) is 0 Å². The Balaban J connectivity index is 2.13. The monoisotopic (exact) mass is 185 g/mol. The number of aromatic nitrogens is 1. The molecule has 1 aliphatic heterocycles. The molecule has 3 nitrogen and oxygen atoms in total. The van der Waals surface area contributed by atoms with Crippen molar-refractivity contribution in [1.82, 2.24) is 10.3 Å². The van der Waals surface area contributed by atoms with Gasteiger partial charge in [0.25, 0.3) is 0 Å². The van der Waals surface area contributed by atoms with Crippen molar-refractivity contribution < 1.29 is 0 Å². The van der Waals surface area contributed by atoms with Crippen LogP contribution < -0.4 is 5.32 Å². The second kappa shape index (κ2) is 2.87. The molecule has 3 heteroatoms. The van der Waals surface area contributed by atoms with Gasteiger partial charge in [-0.05, 0) is 24.3 Å². The Morgan fingerprint density at radius 3 is 3.07 bits per heavy atom. The van der Waals surface area contributed by atoms with E-state index in [-0.39, 0.29) is 0 Å². The Kier molecular flexibility index (Phi) is 1.56. The average molecular weight is 185 g/mol. The third-order valence-corrected chi connectivity index (χ3v) is 2.50. The maximum atomic E-state index is 4.39. The molecule has 2 aromatic rings. The smallest absolute Gasteiger partial charge is 0.128 e. The van der Waals surface area contributed by atoms with Gasteiger partial charge in [-0.25, -0.2) is 0 Å². The number of nitrogens with zero attached hydrogens (tertiary/aromatic N) is 1. The molecule has 0 saturated carbocycles. The van der Waals surface area contributed by atoms with Crippen molar-refractivity contribution in [2.45, 2.75) is 0 Å². The van der Waals surface area contributed by atoms with E-state index in [0.29, 0.717) is 0 Å². The molecule has 0 fully saturated rings. The number of aromatic amines is 1. The first-order valence-corrected chi connectivity index (χ1v) is 4.79. The van der Waals surface area contributed by atoms with E-state index in [1.165, 1.54) is 16.5 Å². The molecular weight excluding hydrogens is 174 g/mol. The van der Waals surface area contributed by atoms with Crippen molar-refractivity contribution >= 4 is 16.7 Å². The number of nitrogens with one attached hydrogen (secondary N) is 2. The first kappa shape index (κ1) is 7.62. The third-order valence-electron chi connectivity index (χ3n) is 2.50. The van der Waals surface area contributed by atoms with Crippen LogP contribution in [0.5, 0.6) is 0 Å². The lowest BCUT2D eigenvalue weighted by Gasteiger charge is -2.01. The topological polar surface area (TPSA) is 40.2 Å². The second-order valence-corrected chi connectivity index (χ2v) is 3.44. The molecule has 14 heavy (non-hydrogen) atoms. The lowest BCUT2D eigenvalue weighted by Crippen LogP contribution is -2.19. The molecular formula is C11H11N3. The zero-order chi connectivity index (χ0) is 9.38. The summed E-state index contributed by atoms with van der Waals surface area (Å²) < 4.78 is 0. The van der Waals surface area contributed by atoms with Gasteiger partial charge in [0, 0.05) is 29.2 Å². The van der Waals surface area contributed by atoms with E-state index in [4.69, 9.17) is 0 Å². The van der Waals surface area contributed by atoms with E-state index in [1.807, 2.05) is 6.20 Å². The predicted octanol–water partition coefficient (Wildman–Crippen LogP) is 1.52. The third kappa shape index (κ3) is 1.09. The SMILES string of the molecule is c1cc2cc(C3=NCCN3)ccc2[nH]1. The fourth-order valence-electron chi connectivity index (χ4n) is 1.79. The molecule has 1 aliphatic rings. The van der Waals surface area contributed by atoms with E-state index in [1.54, 1.807) is 0 Å². The lowest BCUT2D eigenvalue weighted by molar-refractivity contribution is 0.960. The fourth-order valence-corrected chi connectivity index (χ4v) is 1.79. The Morgan fingerprint density at radius 1 is 1.21 bits per heavy atom. The van der Waals surface area contributed by atoms with Crippen molar-refractivity contribution in [1.29, 1.82) is 0 Å². The number of benzene rings is 1. The zero-order valence-corrected chi connectivity index (χ0v) is 7.75. The second-order valence-electron chi connectivity index (χ2n) is 3.44. The summed E-state index contributed by atoms with van der Waals surface area (Å²) in [6, 6.07) is 8.42. The van der Waals surface area contributed by atoms with Gasteiger partial charge < -0.3 is 10.3 Å². The highest BCUT2D eigenvalue weighted by Gasteiger charge is 2.07. The van der Waals surface area contributed by atoms with Crippen molar-refractivity contribution in [3.63, 3.8) is 0 Å². The van der Waals surface area contributed by atoms with E-state index in [2.05, 4.69) is 39.6 Å². The highest BCUT2D eigenvalue weighted by Crippen LogP contribution is 2.15. The van der Waals surface area contributed by atoms with Crippen molar-refractivity contribution in [3.8, 4) is 0 Å². The summed E-state index contributed by atoms with van der Waals surface area (Å²) >= 11 is 0. The summed E-state index contributed by atoms with van der Waals surface area (Å²) in [5.74, 6) is 1.02. The first-order valence-electron chi connectivity index (χ1n) is 4.79. The van der Waals surface area contributed by atoms with E-state index >= 15 is 0 Å². The van der Waals surface area contributed by atoms with Crippen molar-refractivity contribution in [2.75, 3.05) is 13.1 Å². The average Bonchev–Trinajstić information content (AvgIpc) is 2.88. The van der Waals surface area contributed by atoms with Crippen LogP contribution in [0.25, 0.3) is 10.9 Å². The number of fused-ring (bicyclic) bond motifs is 1. The van der Waals surface area contributed by atoms with Gasteiger partial charge in [0.15, 0.2) is 0 Å². The molecule has 3 rings (SSSR count). The van der Waals surface area contributed by atoms with Gasteiger partial charge in [-0.1, -0.05) is 0 Å². The first-order chi connectivity index (χ1) is 6.93. The number of aliphatic imine (C=N–C) groups is 1. The zero-order valence-electron chi connectivity index (χ0n) is 7.75. The molecule has 0 bridgehead atoms. The number of rotatable bonds is 1. The van der Waals surface area contributed by atoms with Gasteiger partial charge in [-0.2, -0.15) is 0 Å². The van der Waals surface area contributed by atoms with Gasteiger partial charge in [0.1, 0.15) is 5.84 Å². The Bertz CT molecular complexity index is 496. The van der Waals surface area contributed by atoms with Crippen LogP contribution in [0, 0.1) is 0 Å². The fraction of sp³-hybridized carbons (Fsp3) is 0.182. The van der Waals surface area contributed by atoms with Crippen LogP contribution in [-0.2, 0) is 0 Å². The summed E-state index contributed by atoms with van der Waals surface area (Å²) in [5, 5.41) is 4.50. The van der Waals surface area contributed by atoms with Crippen LogP contribution in [0.3, 0.4) is 0 Å². The van der Waals surface area contributed by atoms with E-state index < -0.39 is 0 Å². The molecule has 0 saturated heterocycles. The quantitative estimate of drug-likeness (QED) is 0.694.